The summed E-state index contributed by atoms with van der Waals surface area (Å²) < 4.78 is 44.4. The fourth-order valence-corrected chi connectivity index (χ4v) is 6.48. The number of halogens is 1. The predicted molar refractivity (Wildman–Crippen MR) is 144 cm³/mol. The minimum absolute atomic E-state index is 0.0390. The Morgan fingerprint density at radius 2 is 2.05 bits per heavy atom. The van der Waals surface area contributed by atoms with Crippen LogP contribution in [-0.2, 0) is 21.3 Å². The minimum atomic E-state index is -4.21. The average Bonchev–Trinajstić information content (AvgIpc) is 3.58. The van der Waals surface area contributed by atoms with E-state index in [1.807, 2.05) is 23.9 Å². The number of aryl methyl sites for hydroxylation is 1. The van der Waals surface area contributed by atoms with E-state index in [9.17, 15) is 13.2 Å². The fraction of sp³-hybridized carbons (Fsp3) is 0.370. The van der Waals surface area contributed by atoms with E-state index in [-0.39, 0.29) is 21.9 Å². The van der Waals surface area contributed by atoms with E-state index in [1.54, 1.807) is 26.1 Å². The molecule has 0 spiro atoms. The summed E-state index contributed by atoms with van der Waals surface area (Å²) in [5.41, 5.74) is 2.54. The molecule has 2 N–H and O–H groups in total. The summed E-state index contributed by atoms with van der Waals surface area (Å²) in [5, 5.41) is 9.72. The summed E-state index contributed by atoms with van der Waals surface area (Å²) in [7, 11) is -4.21. The van der Waals surface area contributed by atoms with Crippen LogP contribution in [0.3, 0.4) is 0 Å². The first-order valence-electron chi connectivity index (χ1n) is 12.5. The van der Waals surface area contributed by atoms with Crippen LogP contribution in [-0.4, -0.2) is 35.4 Å². The van der Waals surface area contributed by atoms with E-state index in [0.717, 1.165) is 25.0 Å². The lowest BCUT2D eigenvalue weighted by Crippen LogP contribution is -2.40. The van der Waals surface area contributed by atoms with Crippen LogP contribution in [0.4, 0.5) is 0 Å². The van der Waals surface area contributed by atoms with Crippen LogP contribution in [0.2, 0.25) is 5.15 Å². The normalized spacial score (nSPS) is 21.2. The van der Waals surface area contributed by atoms with Gasteiger partial charge in [-0.3, -0.25) is 9.48 Å². The Bertz CT molecular complexity index is 1790. The standard InChI is InChI=1S/C27H27ClN4O6S/c1-14-6-19(16(3)37-21-4-5-22(28)31-26(21)39(29,34)35)25-20(7-14)23(33)15(2)24(38-25)18-10-30-32(11-18)13-27-8-17(9-27)12-36-27/h4-7,10-11,16-17H,8-9,12-13H2,1-3H3,(H2,29,34,35)/t16-,17?,27?/m1/s1. The second-order valence-corrected chi connectivity index (χ2v) is 12.4. The summed E-state index contributed by atoms with van der Waals surface area (Å²) in [6, 6.07) is 6.40. The summed E-state index contributed by atoms with van der Waals surface area (Å²) in [4.78, 5) is 17.3. The van der Waals surface area contributed by atoms with Gasteiger partial charge in [0.2, 0.25) is 5.03 Å². The molecule has 3 aliphatic rings. The second kappa shape index (κ2) is 9.16. The highest BCUT2D eigenvalue weighted by Gasteiger charge is 2.52. The number of nitrogens with two attached hydrogens (primary N) is 1. The molecule has 0 radical (unpaired) electrons. The van der Waals surface area contributed by atoms with Crippen molar-refractivity contribution in [2.75, 3.05) is 6.61 Å². The molecule has 1 atom stereocenters. The van der Waals surface area contributed by atoms with Crippen LogP contribution in [0, 0.1) is 19.8 Å². The topological polar surface area (TPSA) is 140 Å². The van der Waals surface area contributed by atoms with E-state index >= 15 is 0 Å². The number of nitrogens with zero attached hydrogens (tertiary/aromatic N) is 3. The molecule has 0 unspecified atom stereocenters. The number of fused-ring (bicyclic) bond motifs is 2. The van der Waals surface area contributed by atoms with Crippen molar-refractivity contribution in [3.05, 3.63) is 68.7 Å². The van der Waals surface area contributed by atoms with Gasteiger partial charge < -0.3 is 13.9 Å². The average molecular weight is 571 g/mol. The van der Waals surface area contributed by atoms with E-state index in [4.69, 9.17) is 30.6 Å². The largest absolute Gasteiger partial charge is 0.483 e. The Morgan fingerprint density at radius 1 is 1.28 bits per heavy atom. The zero-order valence-corrected chi connectivity index (χ0v) is 23.2. The van der Waals surface area contributed by atoms with Crippen molar-refractivity contribution in [1.29, 1.82) is 0 Å². The number of hydrogen-bond acceptors (Lipinski definition) is 8. The van der Waals surface area contributed by atoms with Crippen LogP contribution in [0.1, 0.15) is 42.6 Å². The number of hydrogen-bond donors (Lipinski definition) is 1. The Kier molecular flexibility index (Phi) is 6.10. The molecule has 5 heterocycles. The van der Waals surface area contributed by atoms with Gasteiger partial charge >= 0.3 is 0 Å². The SMILES string of the molecule is Cc1cc([C@@H](C)Oc2ccc(Cl)nc2S(N)(=O)=O)c2oc(-c3cnn(CC45CC(CO4)C5)c3)c(C)c(=O)c2c1. The zero-order chi connectivity index (χ0) is 27.7. The maximum atomic E-state index is 13.5. The number of pyridine rings is 1. The summed E-state index contributed by atoms with van der Waals surface area (Å²) in [6.45, 7) is 6.77. The molecule has 2 saturated heterocycles. The third-order valence-corrected chi connectivity index (χ3v) is 8.53. The van der Waals surface area contributed by atoms with Crippen LogP contribution in [0.5, 0.6) is 5.75 Å². The highest BCUT2D eigenvalue weighted by molar-refractivity contribution is 7.89. The van der Waals surface area contributed by atoms with Crippen molar-refractivity contribution < 1.29 is 22.3 Å². The summed E-state index contributed by atoms with van der Waals surface area (Å²) in [6.07, 6.45) is 4.91. The number of sulfonamides is 1. The molecule has 39 heavy (non-hydrogen) atoms. The molecule has 4 aromatic rings. The first-order valence-corrected chi connectivity index (χ1v) is 14.5. The van der Waals surface area contributed by atoms with Crippen molar-refractivity contribution >= 4 is 32.6 Å². The lowest BCUT2D eigenvalue weighted by molar-refractivity contribution is -0.0163. The monoisotopic (exact) mass is 570 g/mol. The molecule has 1 aliphatic carbocycles. The third kappa shape index (κ3) is 4.63. The molecule has 2 bridgehead atoms. The predicted octanol–water partition coefficient (Wildman–Crippen LogP) is 4.29. The first kappa shape index (κ1) is 26.0. The van der Waals surface area contributed by atoms with Gasteiger partial charge in [-0.05, 0) is 69.4 Å². The maximum absolute atomic E-state index is 13.5. The molecule has 0 amide bonds. The second-order valence-electron chi connectivity index (χ2n) is 10.6. The van der Waals surface area contributed by atoms with Gasteiger partial charge in [0.15, 0.2) is 11.2 Å². The Balaban J connectivity index is 1.40. The molecule has 10 nitrogen and oxygen atoms in total. The van der Waals surface area contributed by atoms with Crippen molar-refractivity contribution in [2.45, 2.75) is 56.9 Å². The molecule has 7 rings (SSSR count). The van der Waals surface area contributed by atoms with Crippen LogP contribution >= 0.6 is 11.6 Å². The summed E-state index contributed by atoms with van der Waals surface area (Å²) >= 11 is 5.89. The molecule has 1 saturated carbocycles. The van der Waals surface area contributed by atoms with Gasteiger partial charge in [-0.15, -0.1) is 0 Å². The molecule has 3 fully saturated rings. The van der Waals surface area contributed by atoms with Crippen LogP contribution < -0.4 is 15.3 Å². The van der Waals surface area contributed by atoms with Crippen LogP contribution in [0.15, 0.2) is 50.9 Å². The molecular formula is C27H27ClN4O6S. The smallest absolute Gasteiger partial charge is 0.259 e. The van der Waals surface area contributed by atoms with Crippen molar-refractivity contribution in [3.63, 3.8) is 0 Å². The van der Waals surface area contributed by atoms with E-state index in [0.29, 0.717) is 45.9 Å². The van der Waals surface area contributed by atoms with E-state index in [2.05, 4.69) is 10.1 Å². The Hall–Kier alpha value is -3.25. The van der Waals surface area contributed by atoms with Gasteiger partial charge in [-0.1, -0.05) is 11.6 Å². The van der Waals surface area contributed by atoms with Gasteiger partial charge in [-0.25, -0.2) is 18.5 Å². The van der Waals surface area contributed by atoms with Gasteiger partial charge in [0.1, 0.15) is 22.6 Å². The molecule has 3 aromatic heterocycles. The number of rotatable bonds is 7. The van der Waals surface area contributed by atoms with E-state index < -0.39 is 21.2 Å². The molecule has 204 valence electrons. The Morgan fingerprint density at radius 3 is 2.74 bits per heavy atom. The zero-order valence-electron chi connectivity index (χ0n) is 21.6. The van der Waals surface area contributed by atoms with Crippen molar-refractivity contribution in [1.82, 2.24) is 14.8 Å². The fourth-order valence-electron chi connectivity index (χ4n) is 5.66. The van der Waals surface area contributed by atoms with Gasteiger partial charge in [0, 0.05) is 17.3 Å². The van der Waals surface area contributed by atoms with Crippen LogP contribution in [0.25, 0.3) is 22.3 Å². The minimum Gasteiger partial charge on any atom is -0.483 e. The van der Waals surface area contributed by atoms with Gasteiger partial charge in [-0.2, -0.15) is 5.10 Å². The maximum Gasteiger partial charge on any atom is 0.259 e. The number of primary sulfonamides is 1. The van der Waals surface area contributed by atoms with E-state index in [1.165, 1.54) is 12.1 Å². The third-order valence-electron chi connectivity index (χ3n) is 7.49. The van der Waals surface area contributed by atoms with Crippen molar-refractivity contribution in [2.24, 2.45) is 11.1 Å². The molecule has 2 aliphatic heterocycles. The molecular weight excluding hydrogens is 544 g/mol. The van der Waals surface area contributed by atoms with Gasteiger partial charge in [0.25, 0.3) is 10.0 Å². The summed E-state index contributed by atoms with van der Waals surface area (Å²) in [5.74, 6) is 0.995. The number of benzene rings is 1. The van der Waals surface area contributed by atoms with Gasteiger partial charge in [0.05, 0.1) is 35.9 Å². The molecule has 12 heteroatoms. The highest BCUT2D eigenvalue weighted by Crippen LogP contribution is 2.49. The number of aromatic nitrogens is 3. The first-order chi connectivity index (χ1) is 18.4. The number of ether oxygens (including phenoxy) is 2. The van der Waals surface area contributed by atoms with Crippen molar-refractivity contribution in [3.8, 4) is 17.1 Å². The highest BCUT2D eigenvalue weighted by atomic mass is 35.5. The lowest BCUT2D eigenvalue weighted by atomic mass is 9.74. The quantitative estimate of drug-likeness (QED) is 0.325. The Labute approximate surface area is 229 Å². The lowest BCUT2D eigenvalue weighted by Gasteiger charge is -2.35. The molecule has 1 aromatic carbocycles.